The van der Waals surface area contributed by atoms with Gasteiger partial charge in [-0.3, -0.25) is 9.69 Å². The number of amides is 1. The van der Waals surface area contributed by atoms with Crippen LogP contribution in [0.15, 0.2) is 61.2 Å². The first-order chi connectivity index (χ1) is 14.2. The molecule has 8 heteroatoms. The van der Waals surface area contributed by atoms with Gasteiger partial charge in [0, 0.05) is 24.7 Å². The van der Waals surface area contributed by atoms with Crippen molar-refractivity contribution in [1.29, 1.82) is 0 Å². The van der Waals surface area contributed by atoms with Crippen molar-refractivity contribution in [2.24, 2.45) is 0 Å². The molecular formula is C21H22ClN5O2. The zero-order valence-electron chi connectivity index (χ0n) is 15.9. The molecule has 2 heterocycles. The summed E-state index contributed by atoms with van der Waals surface area (Å²) in [5, 5.41) is 7.60. The lowest BCUT2D eigenvalue weighted by Gasteiger charge is -2.32. The molecule has 0 bridgehead atoms. The van der Waals surface area contributed by atoms with E-state index in [4.69, 9.17) is 16.3 Å². The van der Waals surface area contributed by atoms with Gasteiger partial charge in [0.2, 0.25) is 5.91 Å². The van der Waals surface area contributed by atoms with Crippen LogP contribution >= 0.6 is 11.6 Å². The topological polar surface area (TPSA) is 72.3 Å². The van der Waals surface area contributed by atoms with Gasteiger partial charge < -0.3 is 10.1 Å². The van der Waals surface area contributed by atoms with E-state index in [1.54, 1.807) is 29.2 Å². The second kappa shape index (κ2) is 9.17. The Kier molecular flexibility index (Phi) is 6.19. The molecule has 0 radical (unpaired) electrons. The van der Waals surface area contributed by atoms with E-state index in [0.29, 0.717) is 29.5 Å². The van der Waals surface area contributed by atoms with Gasteiger partial charge in [-0.1, -0.05) is 41.9 Å². The highest BCUT2D eigenvalue weighted by Crippen LogP contribution is 2.24. The maximum Gasteiger partial charge on any atom is 0.227 e. The average Bonchev–Trinajstić information content (AvgIpc) is 3.23. The number of benzene rings is 2. The van der Waals surface area contributed by atoms with Gasteiger partial charge in [0.1, 0.15) is 12.7 Å². The van der Waals surface area contributed by atoms with Gasteiger partial charge in [0.25, 0.3) is 0 Å². The molecule has 1 saturated heterocycles. The van der Waals surface area contributed by atoms with Crippen LogP contribution in [0.1, 0.15) is 12.0 Å². The maximum absolute atomic E-state index is 12.7. The third-order valence-corrected chi connectivity index (χ3v) is 5.02. The fraction of sp³-hybridized carbons (Fsp3) is 0.286. The number of nitrogens with one attached hydrogen (secondary N) is 1. The molecule has 1 amide bonds. The fourth-order valence-electron chi connectivity index (χ4n) is 3.44. The van der Waals surface area contributed by atoms with Crippen molar-refractivity contribution >= 4 is 23.2 Å². The molecule has 1 N–H and O–H groups in total. The summed E-state index contributed by atoms with van der Waals surface area (Å²) >= 11 is 6.12. The number of carbonyl (C=O) groups is 1. The van der Waals surface area contributed by atoms with Crippen LogP contribution in [0.25, 0.3) is 5.69 Å². The monoisotopic (exact) mass is 411 g/mol. The summed E-state index contributed by atoms with van der Waals surface area (Å²) in [7, 11) is 0. The highest BCUT2D eigenvalue weighted by molar-refractivity contribution is 6.31. The first-order valence-corrected chi connectivity index (χ1v) is 9.87. The van der Waals surface area contributed by atoms with Crippen LogP contribution in [0.4, 0.5) is 5.69 Å². The molecule has 29 heavy (non-hydrogen) atoms. The van der Waals surface area contributed by atoms with E-state index < -0.39 is 0 Å². The molecule has 0 aliphatic carbocycles. The van der Waals surface area contributed by atoms with Gasteiger partial charge in [0.05, 0.1) is 30.5 Å². The quantitative estimate of drug-likeness (QED) is 0.674. The summed E-state index contributed by atoms with van der Waals surface area (Å²) in [6, 6.07) is 15.6. The molecule has 0 spiro atoms. The van der Waals surface area contributed by atoms with Gasteiger partial charge in [-0.25, -0.2) is 9.67 Å². The van der Waals surface area contributed by atoms with Crippen LogP contribution in [0, 0.1) is 0 Å². The van der Waals surface area contributed by atoms with Crippen molar-refractivity contribution in [2.75, 3.05) is 25.0 Å². The first kappa shape index (κ1) is 19.6. The number of hydrogen-bond donors (Lipinski definition) is 1. The molecule has 150 valence electrons. The Labute approximate surface area is 174 Å². The molecule has 1 unspecified atom stereocenters. The normalized spacial score (nSPS) is 17.2. The SMILES string of the molecule is O=C(CC1CN(Cc2ccccc2)CCO1)Nc1cc(Cl)ccc1-n1cncn1. The van der Waals surface area contributed by atoms with E-state index in [1.165, 1.54) is 11.9 Å². The minimum absolute atomic E-state index is 0.125. The van der Waals surface area contributed by atoms with Crippen molar-refractivity contribution in [3.05, 3.63) is 71.8 Å². The number of hydrogen-bond acceptors (Lipinski definition) is 5. The lowest BCUT2D eigenvalue weighted by molar-refractivity contribution is -0.121. The van der Waals surface area contributed by atoms with Gasteiger partial charge >= 0.3 is 0 Å². The molecule has 1 atom stereocenters. The molecule has 1 aliphatic rings. The summed E-state index contributed by atoms with van der Waals surface area (Å²) in [5.41, 5.74) is 2.55. The zero-order valence-corrected chi connectivity index (χ0v) is 16.6. The summed E-state index contributed by atoms with van der Waals surface area (Å²) in [4.78, 5) is 19.0. The third-order valence-electron chi connectivity index (χ3n) is 4.78. The Morgan fingerprint density at radius 2 is 2.10 bits per heavy atom. The van der Waals surface area contributed by atoms with E-state index in [9.17, 15) is 4.79 Å². The number of morpholine rings is 1. The minimum Gasteiger partial charge on any atom is -0.375 e. The van der Waals surface area contributed by atoms with Crippen molar-refractivity contribution in [3.63, 3.8) is 0 Å². The summed E-state index contributed by atoms with van der Waals surface area (Å²) < 4.78 is 7.41. The number of aromatic nitrogens is 3. The molecule has 1 fully saturated rings. The Morgan fingerprint density at radius 3 is 2.90 bits per heavy atom. The number of carbonyl (C=O) groups excluding carboxylic acids is 1. The van der Waals surface area contributed by atoms with Crippen LogP contribution in [0.5, 0.6) is 0 Å². The van der Waals surface area contributed by atoms with Crippen LogP contribution in [-0.2, 0) is 16.1 Å². The highest BCUT2D eigenvalue weighted by atomic mass is 35.5. The summed E-state index contributed by atoms with van der Waals surface area (Å²) in [5.74, 6) is -0.125. The molecule has 1 aliphatic heterocycles. The van der Waals surface area contributed by atoms with Crippen molar-refractivity contribution in [2.45, 2.75) is 19.1 Å². The smallest absolute Gasteiger partial charge is 0.227 e. The van der Waals surface area contributed by atoms with E-state index in [2.05, 4.69) is 32.4 Å². The van der Waals surface area contributed by atoms with Gasteiger partial charge in [-0.2, -0.15) is 5.10 Å². The summed E-state index contributed by atoms with van der Waals surface area (Å²) in [6.07, 6.45) is 3.14. The largest absolute Gasteiger partial charge is 0.375 e. The fourth-order valence-corrected chi connectivity index (χ4v) is 3.61. The van der Waals surface area contributed by atoms with Crippen LogP contribution in [0.3, 0.4) is 0 Å². The predicted octanol–water partition coefficient (Wildman–Crippen LogP) is 3.15. The maximum atomic E-state index is 12.7. The van der Waals surface area contributed by atoms with Gasteiger partial charge in [-0.05, 0) is 23.8 Å². The number of ether oxygens (including phenoxy) is 1. The van der Waals surface area contributed by atoms with Crippen LogP contribution in [0.2, 0.25) is 5.02 Å². The number of halogens is 1. The minimum atomic E-state index is -0.151. The Bertz CT molecular complexity index is 949. The lowest BCUT2D eigenvalue weighted by atomic mass is 10.1. The Balaban J connectivity index is 1.38. The molecular weight excluding hydrogens is 390 g/mol. The van der Waals surface area contributed by atoms with Crippen molar-refractivity contribution < 1.29 is 9.53 Å². The second-order valence-electron chi connectivity index (χ2n) is 6.97. The predicted molar refractivity (Wildman–Crippen MR) is 111 cm³/mol. The highest BCUT2D eigenvalue weighted by Gasteiger charge is 2.23. The molecule has 1 aromatic heterocycles. The third kappa shape index (κ3) is 5.20. The number of nitrogens with zero attached hydrogens (tertiary/aromatic N) is 4. The van der Waals surface area contributed by atoms with Gasteiger partial charge in [-0.15, -0.1) is 0 Å². The molecule has 3 aromatic rings. The summed E-state index contributed by atoms with van der Waals surface area (Å²) in [6.45, 7) is 3.05. The molecule has 4 rings (SSSR count). The average molecular weight is 412 g/mol. The van der Waals surface area contributed by atoms with E-state index in [-0.39, 0.29) is 18.4 Å². The van der Waals surface area contributed by atoms with Crippen LogP contribution in [-0.4, -0.2) is 51.4 Å². The second-order valence-corrected chi connectivity index (χ2v) is 7.40. The van der Waals surface area contributed by atoms with E-state index in [0.717, 1.165) is 13.1 Å². The van der Waals surface area contributed by atoms with Crippen LogP contribution < -0.4 is 5.32 Å². The Morgan fingerprint density at radius 1 is 1.24 bits per heavy atom. The van der Waals surface area contributed by atoms with Crippen molar-refractivity contribution in [1.82, 2.24) is 19.7 Å². The first-order valence-electron chi connectivity index (χ1n) is 9.49. The molecule has 7 nitrogen and oxygen atoms in total. The molecule has 0 saturated carbocycles. The lowest BCUT2D eigenvalue weighted by Crippen LogP contribution is -2.43. The van der Waals surface area contributed by atoms with Crippen molar-refractivity contribution in [3.8, 4) is 5.69 Å². The van der Waals surface area contributed by atoms with E-state index >= 15 is 0 Å². The van der Waals surface area contributed by atoms with Gasteiger partial charge in [0.15, 0.2) is 0 Å². The number of rotatable bonds is 6. The number of anilines is 1. The zero-order chi connectivity index (χ0) is 20.1. The Hall–Kier alpha value is -2.74. The standard InChI is InChI=1S/C21H22ClN5O2/c22-17-6-7-20(27-15-23-14-24-27)19(10-17)25-21(28)11-18-13-26(8-9-29-18)12-16-4-2-1-3-5-16/h1-7,10,14-15,18H,8-9,11-13H2,(H,25,28). The van der Waals surface area contributed by atoms with E-state index in [1.807, 2.05) is 18.2 Å². The molecule has 2 aromatic carbocycles.